The van der Waals surface area contributed by atoms with E-state index in [1.807, 2.05) is 0 Å². The topological polar surface area (TPSA) is 94.1 Å². The zero-order valence-electron chi connectivity index (χ0n) is 12.1. The third kappa shape index (κ3) is 3.65. The first-order valence-corrected chi connectivity index (χ1v) is 7.21. The summed E-state index contributed by atoms with van der Waals surface area (Å²) in [6.07, 6.45) is 0.453. The van der Waals surface area contributed by atoms with Crippen molar-refractivity contribution in [2.45, 2.75) is 13.0 Å². The lowest BCUT2D eigenvalue weighted by molar-refractivity contribution is -0.118. The van der Waals surface area contributed by atoms with E-state index in [-0.39, 0.29) is 17.3 Å². The highest BCUT2D eigenvalue weighted by Gasteiger charge is 2.25. The summed E-state index contributed by atoms with van der Waals surface area (Å²) in [7, 11) is 1.60. The molecule has 0 saturated heterocycles. The summed E-state index contributed by atoms with van der Waals surface area (Å²) in [5.74, 6) is -0.800. The van der Waals surface area contributed by atoms with Gasteiger partial charge in [-0.25, -0.2) is 0 Å². The number of hydrogen-bond donors (Lipinski definition) is 4. The zero-order chi connectivity index (χ0) is 16.1. The largest absolute Gasteiger partial charge is 0.383 e. The van der Waals surface area contributed by atoms with Gasteiger partial charge in [0.15, 0.2) is 0 Å². The fourth-order valence-corrected chi connectivity index (χ4v) is 2.30. The number of rotatable bonds is 5. The summed E-state index contributed by atoms with van der Waals surface area (Å²) in [5.41, 5.74) is 1.40. The fourth-order valence-electron chi connectivity index (χ4n) is 2.18. The van der Waals surface area contributed by atoms with E-state index < -0.39 is 5.91 Å². The van der Waals surface area contributed by atoms with Gasteiger partial charge in [0.05, 0.1) is 0 Å². The molecule has 1 aromatic rings. The van der Waals surface area contributed by atoms with Crippen molar-refractivity contribution in [2.75, 3.05) is 13.6 Å². The quantitative estimate of drug-likeness (QED) is 0.609. The molecule has 0 atom stereocenters. The lowest BCUT2D eigenvalue weighted by atomic mass is 10.00. The van der Waals surface area contributed by atoms with Gasteiger partial charge in [-0.3, -0.25) is 15.0 Å². The molecule has 22 heavy (non-hydrogen) atoms. The van der Waals surface area contributed by atoms with Gasteiger partial charge in [0, 0.05) is 30.7 Å². The number of amides is 2. The summed E-state index contributed by atoms with van der Waals surface area (Å²) in [6.45, 7) is 0.721. The molecular formula is C15H17ClN4O2. The standard InChI is InChI=1S/C15H17ClN4O2/c1-18-13-11(6-7-19-15(13)22)12(17)14(21)20-8-9-2-4-10(16)5-3-9/h2-5,17-18H,6-8H2,1H3,(H,19,22)(H,20,21). The lowest BCUT2D eigenvalue weighted by Gasteiger charge is -2.20. The number of hydrogen-bond acceptors (Lipinski definition) is 4. The van der Waals surface area contributed by atoms with Crippen molar-refractivity contribution >= 4 is 29.1 Å². The van der Waals surface area contributed by atoms with Crippen LogP contribution in [0.5, 0.6) is 0 Å². The van der Waals surface area contributed by atoms with Crippen molar-refractivity contribution < 1.29 is 9.59 Å². The summed E-state index contributed by atoms with van der Waals surface area (Å²) in [6, 6.07) is 7.08. The van der Waals surface area contributed by atoms with Gasteiger partial charge in [-0.05, 0) is 24.1 Å². The maximum Gasteiger partial charge on any atom is 0.269 e. The number of halogens is 1. The Morgan fingerprint density at radius 3 is 2.68 bits per heavy atom. The molecule has 4 N–H and O–H groups in total. The van der Waals surface area contributed by atoms with E-state index >= 15 is 0 Å². The minimum Gasteiger partial charge on any atom is -0.383 e. The summed E-state index contributed by atoms with van der Waals surface area (Å²) in [4.78, 5) is 23.8. The molecule has 7 heteroatoms. The van der Waals surface area contributed by atoms with Crippen LogP contribution in [0.25, 0.3) is 0 Å². The molecule has 0 unspecified atom stereocenters. The molecule has 0 fully saturated rings. The average molecular weight is 321 g/mol. The molecule has 2 amide bonds. The fraction of sp³-hybridized carbons (Fsp3) is 0.267. The number of benzene rings is 1. The van der Waals surface area contributed by atoms with Crippen LogP contribution >= 0.6 is 11.6 Å². The zero-order valence-corrected chi connectivity index (χ0v) is 12.9. The number of carbonyl (C=O) groups excluding carboxylic acids is 2. The monoisotopic (exact) mass is 320 g/mol. The second kappa shape index (κ2) is 7.09. The van der Waals surface area contributed by atoms with Crippen molar-refractivity contribution in [1.82, 2.24) is 16.0 Å². The molecular weight excluding hydrogens is 304 g/mol. The first-order valence-electron chi connectivity index (χ1n) is 6.83. The highest BCUT2D eigenvalue weighted by molar-refractivity contribution is 6.44. The van der Waals surface area contributed by atoms with E-state index in [9.17, 15) is 9.59 Å². The van der Waals surface area contributed by atoms with Crippen LogP contribution in [0.4, 0.5) is 0 Å². The van der Waals surface area contributed by atoms with E-state index in [0.29, 0.717) is 30.1 Å². The first-order chi connectivity index (χ1) is 10.5. The lowest BCUT2D eigenvalue weighted by Crippen LogP contribution is -2.41. The molecule has 1 heterocycles. The second-order valence-electron chi connectivity index (χ2n) is 4.79. The predicted molar refractivity (Wildman–Crippen MR) is 84.7 cm³/mol. The van der Waals surface area contributed by atoms with Gasteiger partial charge in [-0.1, -0.05) is 23.7 Å². The molecule has 6 nitrogen and oxygen atoms in total. The normalized spacial score (nSPS) is 14.4. The van der Waals surface area contributed by atoms with Crippen molar-refractivity contribution in [1.29, 1.82) is 5.41 Å². The smallest absolute Gasteiger partial charge is 0.269 e. The van der Waals surface area contributed by atoms with E-state index in [2.05, 4.69) is 16.0 Å². The Hall–Kier alpha value is -2.34. The Labute approximate surface area is 133 Å². The van der Waals surface area contributed by atoms with Crippen LogP contribution in [0.2, 0.25) is 5.02 Å². The molecule has 1 aromatic carbocycles. The van der Waals surface area contributed by atoms with E-state index in [1.54, 1.807) is 31.3 Å². The van der Waals surface area contributed by atoms with Crippen LogP contribution in [0.15, 0.2) is 35.5 Å². The summed E-state index contributed by atoms with van der Waals surface area (Å²) >= 11 is 5.80. The molecule has 0 bridgehead atoms. The maximum absolute atomic E-state index is 12.1. The van der Waals surface area contributed by atoms with Gasteiger partial charge in [-0.2, -0.15) is 0 Å². The van der Waals surface area contributed by atoms with Gasteiger partial charge in [0.25, 0.3) is 11.8 Å². The third-order valence-electron chi connectivity index (χ3n) is 3.33. The second-order valence-corrected chi connectivity index (χ2v) is 5.23. The van der Waals surface area contributed by atoms with Crippen LogP contribution in [-0.2, 0) is 16.1 Å². The highest BCUT2D eigenvalue weighted by Crippen LogP contribution is 2.13. The molecule has 2 rings (SSSR count). The SMILES string of the molecule is CNC1=C(C(=N)C(=O)NCc2ccc(Cl)cc2)CCNC1=O. The number of carbonyl (C=O) groups is 2. The van der Waals surface area contributed by atoms with Gasteiger partial charge in [0.1, 0.15) is 11.4 Å². The van der Waals surface area contributed by atoms with Gasteiger partial charge in [-0.15, -0.1) is 0 Å². The molecule has 0 aromatic heterocycles. The van der Waals surface area contributed by atoms with Crippen molar-refractivity contribution in [2.24, 2.45) is 0 Å². The molecule has 0 aliphatic carbocycles. The Kier molecular flexibility index (Phi) is 5.16. The average Bonchev–Trinajstić information content (AvgIpc) is 2.53. The van der Waals surface area contributed by atoms with Crippen LogP contribution in [0.1, 0.15) is 12.0 Å². The predicted octanol–water partition coefficient (Wildman–Crippen LogP) is 0.969. The Morgan fingerprint density at radius 2 is 2.05 bits per heavy atom. The number of nitrogens with one attached hydrogen (secondary N) is 4. The van der Waals surface area contributed by atoms with Gasteiger partial charge in [0.2, 0.25) is 0 Å². The molecule has 116 valence electrons. The Balaban J connectivity index is 2.04. The van der Waals surface area contributed by atoms with Gasteiger partial charge < -0.3 is 16.0 Å². The van der Waals surface area contributed by atoms with Crippen LogP contribution in [0, 0.1) is 5.41 Å². The Bertz CT molecular complexity index is 637. The summed E-state index contributed by atoms with van der Waals surface area (Å²) in [5, 5.41) is 16.7. The van der Waals surface area contributed by atoms with Crippen LogP contribution in [0.3, 0.4) is 0 Å². The van der Waals surface area contributed by atoms with Crippen LogP contribution < -0.4 is 16.0 Å². The van der Waals surface area contributed by atoms with Crippen molar-refractivity contribution in [3.8, 4) is 0 Å². The molecule has 0 saturated carbocycles. The summed E-state index contributed by atoms with van der Waals surface area (Å²) < 4.78 is 0. The molecule has 1 aliphatic rings. The maximum atomic E-state index is 12.1. The van der Waals surface area contributed by atoms with E-state index in [1.165, 1.54) is 0 Å². The van der Waals surface area contributed by atoms with Crippen LogP contribution in [-0.4, -0.2) is 31.1 Å². The molecule has 0 radical (unpaired) electrons. The minimum absolute atomic E-state index is 0.187. The first kappa shape index (κ1) is 16.0. The molecule has 0 spiro atoms. The molecule has 1 aliphatic heterocycles. The minimum atomic E-state index is -0.507. The van der Waals surface area contributed by atoms with Crippen molar-refractivity contribution in [3.63, 3.8) is 0 Å². The van der Waals surface area contributed by atoms with E-state index in [0.717, 1.165) is 5.56 Å². The van der Waals surface area contributed by atoms with E-state index in [4.69, 9.17) is 17.0 Å². The van der Waals surface area contributed by atoms with Crippen molar-refractivity contribution in [3.05, 3.63) is 46.1 Å². The van der Waals surface area contributed by atoms with Gasteiger partial charge >= 0.3 is 0 Å². The highest BCUT2D eigenvalue weighted by atomic mass is 35.5. The third-order valence-corrected chi connectivity index (χ3v) is 3.59. The number of likely N-dealkylation sites (N-methyl/N-ethyl adjacent to an activating group) is 1. The Morgan fingerprint density at radius 1 is 1.36 bits per heavy atom.